The molecule has 0 radical (unpaired) electrons. The minimum Gasteiger partial charge on any atom is -0.364 e. The fraction of sp³-hybridized carbons (Fsp3) is 0.455. The number of nitrogens with two attached hydrogens (primary N) is 1. The van der Waals surface area contributed by atoms with Gasteiger partial charge in [-0.15, -0.1) is 0 Å². The number of amides is 1. The lowest BCUT2D eigenvalue weighted by atomic mass is 9.81. The van der Waals surface area contributed by atoms with Gasteiger partial charge in [-0.3, -0.25) is 19.3 Å². The van der Waals surface area contributed by atoms with Crippen molar-refractivity contribution in [3.63, 3.8) is 0 Å². The van der Waals surface area contributed by atoms with Gasteiger partial charge in [-0.1, -0.05) is 20.8 Å². The largest absolute Gasteiger partial charge is 0.364 e. The molecule has 0 spiro atoms. The molecule has 0 atom stereocenters. The van der Waals surface area contributed by atoms with E-state index in [-0.39, 0.29) is 35.3 Å². The Bertz CT molecular complexity index is 1250. The van der Waals surface area contributed by atoms with Gasteiger partial charge in [0.25, 0.3) is 5.91 Å². The van der Waals surface area contributed by atoms with Crippen LogP contribution in [0.15, 0.2) is 23.1 Å². The topological polar surface area (TPSA) is 107 Å². The smallest absolute Gasteiger partial charge is 0.268 e. The van der Waals surface area contributed by atoms with E-state index in [0.29, 0.717) is 23.4 Å². The van der Waals surface area contributed by atoms with Crippen LogP contribution in [0.1, 0.15) is 55.4 Å². The number of aromatic amines is 1. The summed E-state index contributed by atoms with van der Waals surface area (Å²) in [5.41, 5.74) is 7.92. The Kier molecular flexibility index (Phi) is 4.75. The average molecular weight is 429 g/mol. The van der Waals surface area contributed by atoms with Crippen LogP contribution in [0.3, 0.4) is 0 Å². The predicted octanol–water partition coefficient (Wildman–Crippen LogP) is 3.54. The highest BCUT2D eigenvalue weighted by molar-refractivity contribution is 6.03. The summed E-state index contributed by atoms with van der Waals surface area (Å²) < 4.78 is 28.5. The van der Waals surface area contributed by atoms with Crippen LogP contribution < -0.4 is 11.2 Å². The van der Waals surface area contributed by atoms with E-state index >= 15 is 0 Å². The maximum absolute atomic E-state index is 13.4. The third-order valence-electron chi connectivity index (χ3n) is 5.74. The van der Waals surface area contributed by atoms with Gasteiger partial charge in [0, 0.05) is 42.6 Å². The number of carbonyl (C=O) groups is 1. The number of fused-ring (bicyclic) bond motifs is 1. The van der Waals surface area contributed by atoms with E-state index in [1.807, 2.05) is 27.7 Å². The van der Waals surface area contributed by atoms with Crippen molar-refractivity contribution >= 4 is 16.8 Å². The van der Waals surface area contributed by atoms with Gasteiger partial charge in [0.2, 0.25) is 5.92 Å². The maximum Gasteiger partial charge on any atom is 0.268 e. The minimum atomic E-state index is -2.62. The van der Waals surface area contributed by atoms with Crippen LogP contribution in [0.5, 0.6) is 0 Å². The Hall–Kier alpha value is -3.10. The number of rotatable bonds is 4. The van der Waals surface area contributed by atoms with E-state index in [9.17, 15) is 18.4 Å². The molecule has 1 saturated carbocycles. The molecule has 31 heavy (non-hydrogen) atoms. The van der Waals surface area contributed by atoms with E-state index in [1.54, 1.807) is 10.7 Å². The fourth-order valence-electron chi connectivity index (χ4n) is 4.41. The van der Waals surface area contributed by atoms with Crippen molar-refractivity contribution in [2.45, 2.75) is 58.4 Å². The van der Waals surface area contributed by atoms with Gasteiger partial charge in [-0.25, -0.2) is 8.78 Å². The molecule has 1 fully saturated rings. The number of carbonyl (C=O) groups excluding carboxylic acids is 1. The monoisotopic (exact) mass is 429 g/mol. The molecular formula is C22H25F2N5O2. The number of hydrogen-bond acceptors (Lipinski definition) is 4. The molecule has 1 aliphatic carbocycles. The zero-order valence-electron chi connectivity index (χ0n) is 17.9. The highest BCUT2D eigenvalue weighted by Crippen LogP contribution is 2.44. The lowest BCUT2D eigenvalue weighted by Gasteiger charge is -2.35. The summed E-state index contributed by atoms with van der Waals surface area (Å²) >= 11 is 0. The van der Waals surface area contributed by atoms with Crippen molar-refractivity contribution in [2.75, 3.05) is 0 Å². The van der Waals surface area contributed by atoms with Gasteiger partial charge in [0.05, 0.1) is 28.0 Å². The molecule has 0 unspecified atom stereocenters. The second-order valence-corrected chi connectivity index (χ2v) is 9.38. The number of alkyl halides is 2. The number of nitrogens with one attached hydrogen (secondary N) is 1. The van der Waals surface area contributed by atoms with Crippen molar-refractivity contribution in [3.8, 4) is 11.4 Å². The number of nitrogens with zero attached hydrogens (tertiary/aromatic N) is 3. The van der Waals surface area contributed by atoms with Crippen molar-refractivity contribution < 1.29 is 13.6 Å². The van der Waals surface area contributed by atoms with Gasteiger partial charge < -0.3 is 10.7 Å². The van der Waals surface area contributed by atoms with Crippen molar-refractivity contribution in [1.82, 2.24) is 19.7 Å². The molecular weight excluding hydrogens is 404 g/mol. The molecule has 9 heteroatoms. The lowest BCUT2D eigenvalue weighted by molar-refractivity contribution is -0.114. The van der Waals surface area contributed by atoms with Gasteiger partial charge in [0.15, 0.2) is 5.43 Å². The summed E-state index contributed by atoms with van der Waals surface area (Å²) in [4.78, 5) is 31.7. The fourth-order valence-corrected chi connectivity index (χ4v) is 4.41. The molecule has 3 aromatic rings. The number of pyridine rings is 2. The summed E-state index contributed by atoms with van der Waals surface area (Å²) in [5, 5.41) is 4.87. The zero-order chi connectivity index (χ0) is 22.7. The van der Waals surface area contributed by atoms with Crippen LogP contribution >= 0.6 is 0 Å². The van der Waals surface area contributed by atoms with E-state index in [4.69, 9.17) is 10.8 Å². The van der Waals surface area contributed by atoms with E-state index < -0.39 is 17.3 Å². The van der Waals surface area contributed by atoms with Crippen molar-refractivity contribution in [2.24, 2.45) is 11.7 Å². The highest BCUT2D eigenvalue weighted by Gasteiger charge is 2.45. The standard InChI is InChI=1S/C22H25F2N5O2/c1-11-18(14-7-15(30)16-13(27-14)5-6-26-17(16)20(25)31)29(28-19(11)21(2,3)4)10-12-8-22(23,24)9-12/h5-7,12H,8-10H2,1-4H3,(H2,25,31)(H,27,30). The highest BCUT2D eigenvalue weighted by atomic mass is 19.3. The Balaban J connectivity index is 1.88. The Morgan fingerprint density at radius 1 is 1.35 bits per heavy atom. The van der Waals surface area contributed by atoms with Gasteiger partial charge in [-0.05, 0) is 18.9 Å². The summed E-state index contributed by atoms with van der Waals surface area (Å²) in [6, 6.07) is 2.98. The number of primary amides is 1. The van der Waals surface area contributed by atoms with Crippen molar-refractivity contribution in [1.29, 1.82) is 0 Å². The van der Waals surface area contributed by atoms with E-state index in [0.717, 1.165) is 11.3 Å². The van der Waals surface area contributed by atoms with Gasteiger partial charge in [-0.2, -0.15) is 5.10 Å². The second kappa shape index (κ2) is 6.96. The molecule has 3 N–H and O–H groups in total. The maximum atomic E-state index is 13.4. The van der Waals surface area contributed by atoms with Crippen LogP contribution in [-0.2, 0) is 12.0 Å². The normalized spacial score (nSPS) is 16.5. The molecule has 1 aliphatic rings. The van der Waals surface area contributed by atoms with Crippen LogP contribution in [0.4, 0.5) is 8.78 Å². The molecule has 1 amide bonds. The van der Waals surface area contributed by atoms with Crippen LogP contribution in [-0.4, -0.2) is 31.6 Å². The number of hydrogen-bond donors (Lipinski definition) is 2. The first-order valence-electron chi connectivity index (χ1n) is 10.2. The quantitative estimate of drug-likeness (QED) is 0.661. The molecule has 7 nitrogen and oxygen atoms in total. The predicted molar refractivity (Wildman–Crippen MR) is 113 cm³/mol. The Morgan fingerprint density at radius 3 is 2.61 bits per heavy atom. The molecule has 4 rings (SSSR count). The van der Waals surface area contributed by atoms with Crippen molar-refractivity contribution in [3.05, 3.63) is 45.5 Å². The first-order chi connectivity index (χ1) is 14.4. The van der Waals surface area contributed by atoms with E-state index in [2.05, 4.69) is 9.97 Å². The molecule has 0 aromatic carbocycles. The van der Waals surface area contributed by atoms with E-state index in [1.165, 1.54) is 12.3 Å². The third kappa shape index (κ3) is 3.73. The molecule has 3 aromatic heterocycles. The summed E-state index contributed by atoms with van der Waals surface area (Å²) in [7, 11) is 0. The SMILES string of the molecule is Cc1c(C(C)(C)C)nn(CC2CC(F)(F)C2)c1-c1cc(=O)c2c(C(N)=O)nccc2[nH]1. The first kappa shape index (κ1) is 21.1. The Morgan fingerprint density at radius 2 is 2.03 bits per heavy atom. The van der Waals surface area contributed by atoms with Crippen LogP contribution in [0, 0.1) is 12.8 Å². The molecule has 164 valence electrons. The third-order valence-corrected chi connectivity index (χ3v) is 5.74. The Labute approximate surface area is 177 Å². The van der Waals surface area contributed by atoms with Crippen LogP contribution in [0.25, 0.3) is 22.3 Å². The lowest BCUT2D eigenvalue weighted by Crippen LogP contribution is -2.38. The summed E-state index contributed by atoms with van der Waals surface area (Å²) in [6.07, 6.45) is 1.07. The van der Waals surface area contributed by atoms with Crippen LogP contribution in [0.2, 0.25) is 0 Å². The minimum absolute atomic E-state index is 0.0948. The zero-order valence-corrected chi connectivity index (χ0v) is 17.9. The molecule has 0 bridgehead atoms. The molecule has 0 aliphatic heterocycles. The number of H-pyrrole nitrogens is 1. The molecule has 3 heterocycles. The second-order valence-electron chi connectivity index (χ2n) is 9.38. The summed E-state index contributed by atoms with van der Waals surface area (Å²) in [5.74, 6) is -3.58. The van der Waals surface area contributed by atoms with Gasteiger partial charge >= 0.3 is 0 Å². The molecule has 0 saturated heterocycles. The first-order valence-corrected chi connectivity index (χ1v) is 10.2. The van der Waals surface area contributed by atoms with Gasteiger partial charge in [0.1, 0.15) is 5.69 Å². The average Bonchev–Trinajstić information content (AvgIpc) is 2.95. The number of aromatic nitrogens is 4. The number of halogens is 2. The summed E-state index contributed by atoms with van der Waals surface area (Å²) in [6.45, 7) is 8.34.